The van der Waals surface area contributed by atoms with Crippen molar-refractivity contribution in [2.45, 2.75) is 40.0 Å². The Balaban J connectivity index is 1.94. The van der Waals surface area contributed by atoms with Gasteiger partial charge in [-0.2, -0.15) is 0 Å². The zero-order valence-electron chi connectivity index (χ0n) is 18.2. The van der Waals surface area contributed by atoms with E-state index in [1.165, 1.54) is 11.6 Å². The van der Waals surface area contributed by atoms with Gasteiger partial charge in [-0.3, -0.25) is 20.4 Å². The summed E-state index contributed by atoms with van der Waals surface area (Å²) < 4.78 is 11.0. The van der Waals surface area contributed by atoms with Gasteiger partial charge in [0.1, 0.15) is 0 Å². The van der Waals surface area contributed by atoms with Gasteiger partial charge in [0.15, 0.2) is 11.5 Å². The standard InChI is InChI=1S/C24H30N2O4/c1-6-29-20-14-11-18(16-21(20)30-7-2)23(28)26-25-22(27)15-10-17-8-12-19(13-9-17)24(3,4)5/h8-16H,6-7H2,1-5H3,(H,25,27)(H,26,28)/b15-10+. The van der Waals surface area contributed by atoms with Crippen LogP contribution in [-0.2, 0) is 10.2 Å². The Morgan fingerprint density at radius 3 is 2.13 bits per heavy atom. The van der Waals surface area contributed by atoms with E-state index in [9.17, 15) is 9.59 Å². The van der Waals surface area contributed by atoms with Crippen LogP contribution >= 0.6 is 0 Å². The zero-order valence-corrected chi connectivity index (χ0v) is 18.2. The number of benzene rings is 2. The lowest BCUT2D eigenvalue weighted by Gasteiger charge is -2.18. The van der Waals surface area contributed by atoms with Gasteiger partial charge in [-0.15, -0.1) is 0 Å². The molecule has 30 heavy (non-hydrogen) atoms. The van der Waals surface area contributed by atoms with Crippen LogP contribution in [0.3, 0.4) is 0 Å². The maximum absolute atomic E-state index is 12.3. The summed E-state index contributed by atoms with van der Waals surface area (Å²) in [5, 5.41) is 0. The molecule has 0 aliphatic rings. The van der Waals surface area contributed by atoms with E-state index in [-0.39, 0.29) is 5.41 Å². The van der Waals surface area contributed by atoms with Crippen molar-refractivity contribution in [2.75, 3.05) is 13.2 Å². The number of hydrogen-bond acceptors (Lipinski definition) is 4. The molecule has 0 aliphatic carbocycles. The molecule has 0 spiro atoms. The van der Waals surface area contributed by atoms with Crippen molar-refractivity contribution in [1.29, 1.82) is 0 Å². The SMILES string of the molecule is CCOc1ccc(C(=O)NNC(=O)/C=C/c2ccc(C(C)(C)C)cc2)cc1OCC. The molecule has 0 unspecified atom stereocenters. The van der Waals surface area contributed by atoms with Crippen LogP contribution in [0.5, 0.6) is 11.5 Å². The summed E-state index contributed by atoms with van der Waals surface area (Å²) >= 11 is 0. The Kier molecular flexibility index (Phi) is 8.04. The summed E-state index contributed by atoms with van der Waals surface area (Å²) in [7, 11) is 0. The van der Waals surface area contributed by atoms with Gasteiger partial charge in [0.05, 0.1) is 13.2 Å². The second-order valence-electron chi connectivity index (χ2n) is 7.68. The van der Waals surface area contributed by atoms with E-state index in [1.807, 2.05) is 38.1 Å². The fourth-order valence-electron chi connectivity index (χ4n) is 2.69. The summed E-state index contributed by atoms with van der Waals surface area (Å²) in [5.74, 6) is 0.173. The van der Waals surface area contributed by atoms with Crippen LogP contribution in [0.1, 0.15) is 56.1 Å². The number of nitrogens with one attached hydrogen (secondary N) is 2. The van der Waals surface area contributed by atoms with Crippen molar-refractivity contribution in [3.05, 3.63) is 65.2 Å². The maximum atomic E-state index is 12.3. The van der Waals surface area contributed by atoms with Crippen molar-refractivity contribution in [3.8, 4) is 11.5 Å². The highest BCUT2D eigenvalue weighted by molar-refractivity contribution is 5.98. The van der Waals surface area contributed by atoms with Gasteiger partial charge in [0.2, 0.25) is 0 Å². The molecular weight excluding hydrogens is 380 g/mol. The topological polar surface area (TPSA) is 76.7 Å². The number of carbonyl (C=O) groups excluding carboxylic acids is 2. The van der Waals surface area contributed by atoms with Crippen molar-refractivity contribution >= 4 is 17.9 Å². The minimum Gasteiger partial charge on any atom is -0.490 e. The lowest BCUT2D eigenvalue weighted by molar-refractivity contribution is -0.117. The van der Waals surface area contributed by atoms with Gasteiger partial charge in [-0.25, -0.2) is 0 Å². The highest BCUT2D eigenvalue weighted by atomic mass is 16.5. The van der Waals surface area contributed by atoms with E-state index in [4.69, 9.17) is 9.47 Å². The van der Waals surface area contributed by atoms with E-state index in [1.54, 1.807) is 24.3 Å². The Morgan fingerprint density at radius 1 is 0.900 bits per heavy atom. The van der Waals surface area contributed by atoms with Crippen LogP contribution in [0.15, 0.2) is 48.5 Å². The normalized spacial score (nSPS) is 11.2. The first-order chi connectivity index (χ1) is 14.2. The molecule has 6 heteroatoms. The number of amides is 2. The second kappa shape index (κ2) is 10.5. The van der Waals surface area contributed by atoms with Crippen molar-refractivity contribution in [3.63, 3.8) is 0 Å². The third-order valence-corrected chi connectivity index (χ3v) is 4.31. The Hall–Kier alpha value is -3.28. The minimum atomic E-state index is -0.449. The van der Waals surface area contributed by atoms with Crippen molar-refractivity contribution < 1.29 is 19.1 Å². The van der Waals surface area contributed by atoms with Gasteiger partial charge in [0, 0.05) is 11.6 Å². The van der Waals surface area contributed by atoms with E-state index in [2.05, 4.69) is 31.6 Å². The number of ether oxygens (including phenoxy) is 2. The third-order valence-electron chi connectivity index (χ3n) is 4.31. The molecule has 2 N–H and O–H groups in total. The molecule has 0 atom stereocenters. The number of hydrogen-bond donors (Lipinski definition) is 2. The van der Waals surface area contributed by atoms with E-state index >= 15 is 0 Å². The Labute approximate surface area is 178 Å². The molecule has 160 valence electrons. The fourth-order valence-corrected chi connectivity index (χ4v) is 2.69. The zero-order chi connectivity index (χ0) is 22.1. The van der Waals surface area contributed by atoms with Crippen molar-refractivity contribution in [1.82, 2.24) is 10.9 Å². The molecule has 2 amide bonds. The summed E-state index contributed by atoms with van der Waals surface area (Å²) in [5.41, 5.74) is 7.33. The average Bonchev–Trinajstić information content (AvgIpc) is 2.71. The molecule has 2 rings (SSSR count). The van der Waals surface area contributed by atoms with Gasteiger partial charge in [0.25, 0.3) is 11.8 Å². The van der Waals surface area contributed by atoms with Crippen LogP contribution in [0.4, 0.5) is 0 Å². The summed E-state index contributed by atoms with van der Waals surface area (Å²) in [4.78, 5) is 24.4. The molecule has 0 aromatic heterocycles. The molecule has 0 aliphatic heterocycles. The number of hydrazine groups is 1. The summed E-state index contributed by atoms with van der Waals surface area (Å²) in [6, 6.07) is 12.9. The van der Waals surface area contributed by atoms with Gasteiger partial charge >= 0.3 is 0 Å². The molecule has 0 fully saturated rings. The van der Waals surface area contributed by atoms with Gasteiger partial charge < -0.3 is 9.47 Å². The highest BCUT2D eigenvalue weighted by Crippen LogP contribution is 2.28. The van der Waals surface area contributed by atoms with Crippen LogP contribution in [0, 0.1) is 0 Å². The quantitative estimate of drug-likeness (QED) is 0.528. The Bertz CT molecular complexity index is 896. The summed E-state index contributed by atoms with van der Waals surface area (Å²) in [6.07, 6.45) is 3.06. The predicted octanol–water partition coefficient (Wildman–Crippen LogP) is 4.26. The maximum Gasteiger partial charge on any atom is 0.269 e. The monoisotopic (exact) mass is 410 g/mol. The van der Waals surface area contributed by atoms with E-state index in [0.29, 0.717) is 30.3 Å². The van der Waals surface area contributed by atoms with Crippen LogP contribution in [0.2, 0.25) is 0 Å². The smallest absolute Gasteiger partial charge is 0.269 e. The first-order valence-corrected chi connectivity index (χ1v) is 10.0. The first-order valence-electron chi connectivity index (χ1n) is 10.0. The lowest BCUT2D eigenvalue weighted by Crippen LogP contribution is -2.40. The van der Waals surface area contributed by atoms with E-state index < -0.39 is 11.8 Å². The number of carbonyl (C=O) groups is 2. The van der Waals surface area contributed by atoms with Crippen LogP contribution < -0.4 is 20.3 Å². The molecule has 0 saturated heterocycles. The molecular formula is C24H30N2O4. The van der Waals surface area contributed by atoms with Gasteiger partial charge in [-0.1, -0.05) is 45.0 Å². The van der Waals surface area contributed by atoms with Crippen LogP contribution in [-0.4, -0.2) is 25.0 Å². The molecule has 2 aromatic carbocycles. The third kappa shape index (κ3) is 6.65. The summed E-state index contributed by atoms with van der Waals surface area (Å²) in [6.45, 7) is 11.1. The molecule has 0 heterocycles. The molecule has 0 radical (unpaired) electrons. The largest absolute Gasteiger partial charge is 0.490 e. The second-order valence-corrected chi connectivity index (χ2v) is 7.68. The predicted molar refractivity (Wildman–Crippen MR) is 119 cm³/mol. The Morgan fingerprint density at radius 2 is 1.53 bits per heavy atom. The molecule has 2 aromatic rings. The fraction of sp³-hybridized carbons (Fsp3) is 0.333. The number of rotatable bonds is 7. The first kappa shape index (κ1) is 23.0. The molecule has 0 saturated carbocycles. The average molecular weight is 411 g/mol. The van der Waals surface area contributed by atoms with Gasteiger partial charge in [-0.05, 0) is 54.7 Å². The highest BCUT2D eigenvalue weighted by Gasteiger charge is 2.13. The molecule has 0 bridgehead atoms. The lowest BCUT2D eigenvalue weighted by atomic mass is 9.87. The van der Waals surface area contributed by atoms with Crippen LogP contribution in [0.25, 0.3) is 6.08 Å². The molecule has 6 nitrogen and oxygen atoms in total. The van der Waals surface area contributed by atoms with Crippen molar-refractivity contribution in [2.24, 2.45) is 0 Å². The minimum absolute atomic E-state index is 0.0762. The van der Waals surface area contributed by atoms with E-state index in [0.717, 1.165) is 5.56 Å².